The zero-order chi connectivity index (χ0) is 26.4. The summed E-state index contributed by atoms with van der Waals surface area (Å²) in [5.41, 5.74) is 8.98. The average molecular weight is 512 g/mol. The predicted octanol–water partition coefficient (Wildman–Crippen LogP) is 8.20. The van der Waals surface area contributed by atoms with Gasteiger partial charge in [-0.3, -0.25) is 0 Å². The van der Waals surface area contributed by atoms with Gasteiger partial charge in [0.25, 0.3) is 0 Å². The summed E-state index contributed by atoms with van der Waals surface area (Å²) in [6, 6.07) is -0.358. The van der Waals surface area contributed by atoms with Crippen molar-refractivity contribution >= 4 is 0 Å². The van der Waals surface area contributed by atoms with Crippen LogP contribution in [0, 0.1) is 17.8 Å². The van der Waals surface area contributed by atoms with E-state index in [1.165, 1.54) is 83.5 Å². The number of nitrogens with zero attached hydrogens (tertiary/aromatic N) is 3. The highest BCUT2D eigenvalue weighted by molar-refractivity contribution is 4.89. The molecule has 0 saturated carbocycles. The molecule has 0 radical (unpaired) electrons. The van der Waals surface area contributed by atoms with E-state index < -0.39 is 6.29 Å². The fraction of sp³-hybridized carbons (Fsp3) is 1.00. The number of rotatable bonds is 23. The van der Waals surface area contributed by atoms with Crippen LogP contribution in [0.3, 0.4) is 0 Å². The van der Waals surface area contributed by atoms with Gasteiger partial charge >= 0.3 is 0 Å². The van der Waals surface area contributed by atoms with E-state index >= 15 is 0 Å². The molecular formula is C29H57N3O4. The minimum Gasteiger partial charge on any atom is -0.396 e. The fourth-order valence-corrected chi connectivity index (χ4v) is 5.13. The van der Waals surface area contributed by atoms with Gasteiger partial charge in [-0.1, -0.05) is 116 Å². The van der Waals surface area contributed by atoms with E-state index in [4.69, 9.17) is 19.7 Å². The molecule has 36 heavy (non-hydrogen) atoms. The molecule has 0 spiro atoms. The van der Waals surface area contributed by atoms with Crippen LogP contribution in [0.25, 0.3) is 10.4 Å². The van der Waals surface area contributed by atoms with E-state index in [-0.39, 0.29) is 30.6 Å². The second-order valence-electron chi connectivity index (χ2n) is 10.9. The Morgan fingerprint density at radius 2 is 1.39 bits per heavy atom. The summed E-state index contributed by atoms with van der Waals surface area (Å²) < 4.78 is 17.9. The summed E-state index contributed by atoms with van der Waals surface area (Å²) in [6.45, 7) is 10.1. The molecule has 1 aliphatic heterocycles. The summed E-state index contributed by atoms with van der Waals surface area (Å²) in [7, 11) is 0. The summed E-state index contributed by atoms with van der Waals surface area (Å²) in [5.74, 6) is 0.364. The standard InChI is InChI=1S/C29H57N3O4/c1-5-7-8-9-10-11-12-13-14-15-16-17-18-19-20-34-22-26(21-33)23-35-29-28(31-32-30)25(4)24(3)27(6-2)36-29/h24-29,33H,5-23H2,1-4H3/t24-,25-,26+,27?,28?,29+/m0/s1. The number of unbranched alkanes of at least 4 members (excludes halogenated alkanes) is 13. The van der Waals surface area contributed by atoms with Gasteiger partial charge in [0.2, 0.25) is 0 Å². The van der Waals surface area contributed by atoms with Crippen molar-refractivity contribution in [2.24, 2.45) is 22.9 Å². The minimum atomic E-state index is -0.572. The molecule has 0 bridgehead atoms. The SMILES string of the molecule is CCCCCCCCCCCCCCCCOC[C@@H](CO)CO[C@@H]1OC(CC)[C@@H](C)[C@H](C)C1N=[N+]=[N-]. The highest BCUT2D eigenvalue weighted by Gasteiger charge is 2.41. The van der Waals surface area contributed by atoms with E-state index in [2.05, 4.69) is 37.7 Å². The number of azide groups is 1. The Balaban J connectivity index is 2.07. The van der Waals surface area contributed by atoms with Crippen molar-refractivity contribution in [3.63, 3.8) is 0 Å². The smallest absolute Gasteiger partial charge is 0.166 e. The highest BCUT2D eigenvalue weighted by atomic mass is 16.7. The van der Waals surface area contributed by atoms with Crippen molar-refractivity contribution in [2.45, 2.75) is 142 Å². The second kappa shape index (κ2) is 22.2. The molecule has 1 fully saturated rings. The first-order valence-electron chi connectivity index (χ1n) is 15.1. The quantitative estimate of drug-likeness (QED) is 0.0647. The monoisotopic (exact) mass is 511 g/mol. The van der Waals surface area contributed by atoms with Crippen molar-refractivity contribution in [3.8, 4) is 0 Å². The lowest BCUT2D eigenvalue weighted by Crippen LogP contribution is -2.49. The third-order valence-corrected chi connectivity index (χ3v) is 7.88. The summed E-state index contributed by atoms with van der Waals surface area (Å²) in [4.78, 5) is 3.01. The molecule has 0 aromatic rings. The molecule has 1 N–H and O–H groups in total. The van der Waals surface area contributed by atoms with E-state index in [0.29, 0.717) is 19.1 Å². The maximum absolute atomic E-state index is 9.76. The van der Waals surface area contributed by atoms with Crippen LogP contribution in [-0.2, 0) is 14.2 Å². The Bertz CT molecular complexity index is 559. The first-order chi connectivity index (χ1) is 17.6. The Morgan fingerprint density at radius 1 is 0.833 bits per heavy atom. The maximum Gasteiger partial charge on any atom is 0.166 e. The molecule has 2 unspecified atom stereocenters. The van der Waals surface area contributed by atoms with Gasteiger partial charge in [-0.05, 0) is 30.2 Å². The van der Waals surface area contributed by atoms with E-state index in [9.17, 15) is 5.11 Å². The van der Waals surface area contributed by atoms with Crippen molar-refractivity contribution in [2.75, 3.05) is 26.4 Å². The van der Waals surface area contributed by atoms with Gasteiger partial charge in [0, 0.05) is 17.4 Å². The number of hydrogen-bond acceptors (Lipinski definition) is 5. The van der Waals surface area contributed by atoms with E-state index in [1.54, 1.807) is 0 Å². The van der Waals surface area contributed by atoms with Crippen LogP contribution in [0.4, 0.5) is 0 Å². The maximum atomic E-state index is 9.76. The lowest BCUT2D eigenvalue weighted by molar-refractivity contribution is -0.236. The van der Waals surface area contributed by atoms with Gasteiger partial charge in [0.1, 0.15) is 0 Å². The van der Waals surface area contributed by atoms with Gasteiger partial charge in [0.05, 0.1) is 32.0 Å². The van der Waals surface area contributed by atoms with E-state index in [1.807, 2.05) is 0 Å². The van der Waals surface area contributed by atoms with Crippen molar-refractivity contribution < 1.29 is 19.3 Å². The van der Waals surface area contributed by atoms with Gasteiger partial charge in [-0.25, -0.2) is 0 Å². The first kappa shape index (κ1) is 33.2. The molecule has 1 heterocycles. The summed E-state index contributed by atoms with van der Waals surface area (Å²) in [6.07, 6.45) is 19.2. The fourth-order valence-electron chi connectivity index (χ4n) is 5.13. The van der Waals surface area contributed by atoms with E-state index in [0.717, 1.165) is 19.4 Å². The van der Waals surface area contributed by atoms with Crippen LogP contribution in [0.15, 0.2) is 5.11 Å². The molecule has 0 aromatic carbocycles. The normalized spacial score (nSPS) is 25.0. The first-order valence-corrected chi connectivity index (χ1v) is 15.1. The Labute approximate surface area is 221 Å². The second-order valence-corrected chi connectivity index (χ2v) is 10.9. The molecule has 0 aromatic heterocycles. The largest absolute Gasteiger partial charge is 0.396 e. The van der Waals surface area contributed by atoms with Crippen molar-refractivity contribution in [1.29, 1.82) is 0 Å². The molecule has 7 heteroatoms. The topological polar surface area (TPSA) is 96.7 Å². The van der Waals surface area contributed by atoms with Gasteiger partial charge in [-0.2, -0.15) is 0 Å². The van der Waals surface area contributed by atoms with Crippen LogP contribution in [0.5, 0.6) is 0 Å². The molecule has 0 aliphatic carbocycles. The molecular weight excluding hydrogens is 454 g/mol. The van der Waals surface area contributed by atoms with Gasteiger partial charge < -0.3 is 19.3 Å². The number of aliphatic hydroxyl groups excluding tert-OH is 1. The Hall–Kier alpha value is -0.850. The van der Waals surface area contributed by atoms with Gasteiger partial charge in [-0.15, -0.1) is 0 Å². The minimum absolute atomic E-state index is 0.000801. The van der Waals surface area contributed by atoms with Crippen molar-refractivity contribution in [3.05, 3.63) is 10.4 Å². The van der Waals surface area contributed by atoms with Crippen molar-refractivity contribution in [1.82, 2.24) is 0 Å². The molecule has 1 rings (SSSR count). The third kappa shape index (κ3) is 14.2. The molecule has 0 amide bonds. The molecule has 7 nitrogen and oxygen atoms in total. The molecule has 1 saturated heterocycles. The van der Waals surface area contributed by atoms with Crippen LogP contribution >= 0.6 is 0 Å². The average Bonchev–Trinajstić information content (AvgIpc) is 2.89. The van der Waals surface area contributed by atoms with Gasteiger partial charge in [0.15, 0.2) is 6.29 Å². The van der Waals surface area contributed by atoms with Crippen LogP contribution in [0.2, 0.25) is 0 Å². The third-order valence-electron chi connectivity index (χ3n) is 7.88. The lowest BCUT2D eigenvalue weighted by atomic mass is 9.81. The highest BCUT2D eigenvalue weighted by Crippen LogP contribution is 2.34. The molecule has 6 atom stereocenters. The summed E-state index contributed by atoms with van der Waals surface area (Å²) >= 11 is 0. The molecule has 212 valence electrons. The van der Waals surface area contributed by atoms with Crippen LogP contribution in [0.1, 0.15) is 124 Å². The predicted molar refractivity (Wildman–Crippen MR) is 148 cm³/mol. The van der Waals surface area contributed by atoms with Crippen LogP contribution in [-0.4, -0.2) is 50.0 Å². The molecule has 1 aliphatic rings. The number of hydrogen-bond donors (Lipinski definition) is 1. The number of ether oxygens (including phenoxy) is 3. The lowest BCUT2D eigenvalue weighted by Gasteiger charge is -2.43. The number of aliphatic hydroxyl groups is 1. The van der Waals surface area contributed by atoms with Crippen LogP contribution < -0.4 is 0 Å². The Kier molecular flexibility index (Phi) is 20.4. The Morgan fingerprint density at radius 3 is 1.89 bits per heavy atom. The zero-order valence-electron chi connectivity index (χ0n) is 23.9. The summed E-state index contributed by atoms with van der Waals surface area (Å²) in [5, 5.41) is 13.7. The zero-order valence-corrected chi connectivity index (χ0v) is 23.9.